The molecule has 2 heterocycles. The van der Waals surface area contributed by atoms with E-state index in [9.17, 15) is 9.90 Å². The fraction of sp³-hybridized carbons (Fsp3) is 0.625. The first-order valence-corrected chi connectivity index (χ1v) is 7.88. The van der Waals surface area contributed by atoms with Crippen LogP contribution < -0.4 is 10.2 Å². The Balaban J connectivity index is 1.54. The lowest BCUT2D eigenvalue weighted by Crippen LogP contribution is -2.44. The van der Waals surface area contributed by atoms with E-state index in [1.807, 2.05) is 18.3 Å². The zero-order valence-electron chi connectivity index (χ0n) is 12.3. The van der Waals surface area contributed by atoms with Crippen molar-refractivity contribution >= 4 is 11.7 Å². The van der Waals surface area contributed by atoms with E-state index >= 15 is 0 Å². The Bertz CT molecular complexity index is 489. The van der Waals surface area contributed by atoms with E-state index in [2.05, 4.69) is 15.2 Å². The molecule has 1 aliphatic heterocycles. The van der Waals surface area contributed by atoms with E-state index in [1.54, 1.807) is 0 Å². The summed E-state index contributed by atoms with van der Waals surface area (Å²) in [4.78, 5) is 18.8. The second-order valence-corrected chi connectivity index (χ2v) is 6.14. The van der Waals surface area contributed by atoms with Gasteiger partial charge >= 0.3 is 0 Å². The number of carbonyl (C=O) groups excluding carboxylic acids is 1. The van der Waals surface area contributed by atoms with Crippen molar-refractivity contribution < 1.29 is 9.90 Å². The van der Waals surface area contributed by atoms with Gasteiger partial charge in [0, 0.05) is 25.8 Å². The zero-order valence-corrected chi connectivity index (χ0v) is 12.3. The van der Waals surface area contributed by atoms with E-state index in [0.717, 1.165) is 37.3 Å². The van der Waals surface area contributed by atoms with Crippen LogP contribution in [0.5, 0.6) is 0 Å². The molecule has 0 atom stereocenters. The van der Waals surface area contributed by atoms with Crippen LogP contribution in [0.4, 0.5) is 5.82 Å². The molecule has 21 heavy (non-hydrogen) atoms. The van der Waals surface area contributed by atoms with Crippen molar-refractivity contribution in [2.45, 2.75) is 50.7 Å². The number of nitrogens with one attached hydrogen (secondary N) is 1. The van der Waals surface area contributed by atoms with Gasteiger partial charge in [0.25, 0.3) is 5.91 Å². The number of amides is 1. The molecule has 1 aromatic heterocycles. The summed E-state index contributed by atoms with van der Waals surface area (Å²) in [5.74, 6) is 0.764. The third-order valence-corrected chi connectivity index (χ3v) is 4.55. The van der Waals surface area contributed by atoms with Crippen LogP contribution in [0.1, 0.15) is 44.1 Å². The van der Waals surface area contributed by atoms with E-state index in [0.29, 0.717) is 19.4 Å². The molecular weight excluding hydrogens is 266 g/mol. The van der Waals surface area contributed by atoms with Gasteiger partial charge in [-0.2, -0.15) is 0 Å². The Morgan fingerprint density at radius 1 is 1.24 bits per heavy atom. The summed E-state index contributed by atoms with van der Waals surface area (Å²) in [6.07, 6.45) is 7.28. The molecule has 2 fully saturated rings. The molecular formula is C16H23N3O2. The van der Waals surface area contributed by atoms with Crippen LogP contribution >= 0.6 is 0 Å². The molecule has 2 aliphatic rings. The SMILES string of the molecule is O=C(NCc1ccc(N2CCCC2)nc1)C1(O)CCCC1. The van der Waals surface area contributed by atoms with Gasteiger partial charge in [0.1, 0.15) is 11.4 Å². The monoisotopic (exact) mass is 289 g/mol. The minimum absolute atomic E-state index is 0.247. The van der Waals surface area contributed by atoms with Gasteiger partial charge in [-0.15, -0.1) is 0 Å². The Labute approximate surface area is 125 Å². The van der Waals surface area contributed by atoms with Crippen LogP contribution in [0.25, 0.3) is 0 Å². The zero-order chi connectivity index (χ0) is 14.7. The van der Waals surface area contributed by atoms with Crippen LogP contribution in [0.3, 0.4) is 0 Å². The maximum absolute atomic E-state index is 12.0. The largest absolute Gasteiger partial charge is 0.380 e. The topological polar surface area (TPSA) is 65.5 Å². The quantitative estimate of drug-likeness (QED) is 0.883. The summed E-state index contributed by atoms with van der Waals surface area (Å²) in [6.45, 7) is 2.58. The Morgan fingerprint density at radius 3 is 2.57 bits per heavy atom. The number of hydrogen-bond acceptors (Lipinski definition) is 4. The predicted octanol–water partition coefficient (Wildman–Crippen LogP) is 1.60. The van der Waals surface area contributed by atoms with Gasteiger partial charge in [-0.05, 0) is 50.2 Å². The van der Waals surface area contributed by atoms with Crippen LogP contribution in [0, 0.1) is 0 Å². The lowest BCUT2D eigenvalue weighted by atomic mass is 10.0. The van der Waals surface area contributed by atoms with E-state index < -0.39 is 5.60 Å². The van der Waals surface area contributed by atoms with Crippen molar-refractivity contribution in [2.75, 3.05) is 18.0 Å². The van der Waals surface area contributed by atoms with Crippen molar-refractivity contribution in [1.29, 1.82) is 0 Å². The molecule has 3 rings (SSSR count). The van der Waals surface area contributed by atoms with Gasteiger partial charge in [0.05, 0.1) is 0 Å². The Morgan fingerprint density at radius 2 is 1.95 bits per heavy atom. The highest BCUT2D eigenvalue weighted by atomic mass is 16.3. The van der Waals surface area contributed by atoms with Crippen molar-refractivity contribution in [1.82, 2.24) is 10.3 Å². The molecule has 1 amide bonds. The second-order valence-electron chi connectivity index (χ2n) is 6.14. The van der Waals surface area contributed by atoms with Gasteiger partial charge in [0.2, 0.25) is 0 Å². The first kappa shape index (κ1) is 14.3. The molecule has 2 N–H and O–H groups in total. The third-order valence-electron chi connectivity index (χ3n) is 4.55. The first-order chi connectivity index (χ1) is 10.2. The molecule has 0 spiro atoms. The molecule has 0 bridgehead atoms. The molecule has 0 unspecified atom stereocenters. The van der Waals surface area contributed by atoms with Gasteiger partial charge in [-0.1, -0.05) is 6.07 Å². The molecule has 0 radical (unpaired) electrons. The highest BCUT2D eigenvalue weighted by Gasteiger charge is 2.38. The highest BCUT2D eigenvalue weighted by molar-refractivity contribution is 5.85. The molecule has 5 heteroatoms. The van der Waals surface area contributed by atoms with Gasteiger partial charge in [0.15, 0.2) is 0 Å². The molecule has 0 aromatic carbocycles. The van der Waals surface area contributed by atoms with Crippen LogP contribution in [0.2, 0.25) is 0 Å². The second kappa shape index (κ2) is 6.02. The number of aliphatic hydroxyl groups is 1. The molecule has 1 saturated heterocycles. The molecule has 114 valence electrons. The summed E-state index contributed by atoms with van der Waals surface area (Å²) in [6, 6.07) is 4.01. The van der Waals surface area contributed by atoms with E-state index in [-0.39, 0.29) is 5.91 Å². The Kier molecular flexibility index (Phi) is 4.10. The predicted molar refractivity (Wildman–Crippen MR) is 80.9 cm³/mol. The van der Waals surface area contributed by atoms with Gasteiger partial charge in [-0.3, -0.25) is 4.79 Å². The minimum atomic E-state index is -1.15. The lowest BCUT2D eigenvalue weighted by molar-refractivity contribution is -0.139. The number of aromatic nitrogens is 1. The van der Waals surface area contributed by atoms with Crippen molar-refractivity contribution in [2.24, 2.45) is 0 Å². The number of rotatable bonds is 4. The molecule has 1 aliphatic carbocycles. The summed E-state index contributed by atoms with van der Waals surface area (Å²) in [5, 5.41) is 13.0. The summed E-state index contributed by atoms with van der Waals surface area (Å²) < 4.78 is 0. The molecule has 5 nitrogen and oxygen atoms in total. The molecule has 1 aromatic rings. The van der Waals surface area contributed by atoms with Crippen LogP contribution in [-0.4, -0.2) is 34.7 Å². The third kappa shape index (κ3) is 3.18. The first-order valence-electron chi connectivity index (χ1n) is 7.88. The van der Waals surface area contributed by atoms with Crippen LogP contribution in [0.15, 0.2) is 18.3 Å². The number of anilines is 1. The van der Waals surface area contributed by atoms with Crippen LogP contribution in [-0.2, 0) is 11.3 Å². The summed E-state index contributed by atoms with van der Waals surface area (Å²) in [7, 11) is 0. The summed E-state index contributed by atoms with van der Waals surface area (Å²) in [5.41, 5.74) is -0.184. The maximum atomic E-state index is 12.0. The number of hydrogen-bond donors (Lipinski definition) is 2. The van der Waals surface area contributed by atoms with Gasteiger partial charge in [-0.25, -0.2) is 4.98 Å². The fourth-order valence-corrected chi connectivity index (χ4v) is 3.19. The maximum Gasteiger partial charge on any atom is 0.252 e. The van der Waals surface area contributed by atoms with Gasteiger partial charge < -0.3 is 15.3 Å². The van der Waals surface area contributed by atoms with E-state index in [1.165, 1.54) is 12.8 Å². The standard InChI is InChI=1S/C16H23N3O2/c20-15(16(21)7-1-2-8-16)18-12-13-5-6-14(17-11-13)19-9-3-4-10-19/h5-6,11,21H,1-4,7-10,12H2,(H,18,20). The number of nitrogens with zero attached hydrogens (tertiary/aromatic N) is 2. The Hall–Kier alpha value is -1.62. The van der Waals surface area contributed by atoms with Crippen molar-refractivity contribution in [3.8, 4) is 0 Å². The summed E-state index contributed by atoms with van der Waals surface area (Å²) >= 11 is 0. The number of carbonyl (C=O) groups is 1. The smallest absolute Gasteiger partial charge is 0.252 e. The van der Waals surface area contributed by atoms with Crippen molar-refractivity contribution in [3.05, 3.63) is 23.9 Å². The average Bonchev–Trinajstić information content (AvgIpc) is 3.17. The normalized spacial score (nSPS) is 20.7. The lowest BCUT2D eigenvalue weighted by Gasteiger charge is -2.21. The average molecular weight is 289 g/mol. The fourth-order valence-electron chi connectivity index (χ4n) is 3.19. The van der Waals surface area contributed by atoms with E-state index in [4.69, 9.17) is 0 Å². The highest BCUT2D eigenvalue weighted by Crippen LogP contribution is 2.29. The van der Waals surface area contributed by atoms with Crippen molar-refractivity contribution in [3.63, 3.8) is 0 Å². The number of pyridine rings is 1. The molecule has 1 saturated carbocycles. The minimum Gasteiger partial charge on any atom is -0.380 e.